The van der Waals surface area contributed by atoms with Crippen LogP contribution in [0.4, 0.5) is 0 Å². The maximum Gasteiger partial charge on any atom is 0.326 e. The second-order valence-corrected chi connectivity index (χ2v) is 5.58. The Bertz CT molecular complexity index is 506. The molecular formula is C16H18BO. The average molecular weight is 237 g/mol. The highest BCUT2D eigenvalue weighted by Gasteiger charge is 2.12. The summed E-state index contributed by atoms with van der Waals surface area (Å²) in [4.78, 5) is 0. The molecular weight excluding hydrogens is 219 g/mol. The fraction of sp³-hybridized carbons (Fsp3) is 0.250. The maximum atomic E-state index is 8.90. The summed E-state index contributed by atoms with van der Waals surface area (Å²) in [7, 11) is 1.12. The van der Waals surface area contributed by atoms with Gasteiger partial charge in [0, 0.05) is 0 Å². The Morgan fingerprint density at radius 2 is 1.22 bits per heavy atom. The van der Waals surface area contributed by atoms with Crippen molar-refractivity contribution in [2.24, 2.45) is 0 Å². The average Bonchev–Trinajstić information content (AvgIpc) is 2.38. The second-order valence-electron chi connectivity index (χ2n) is 5.58. The Hall–Kier alpha value is -1.54. The first-order valence-corrected chi connectivity index (χ1v) is 6.19. The van der Waals surface area contributed by atoms with Gasteiger partial charge >= 0.3 is 7.48 Å². The largest absolute Gasteiger partial charge is 0.450 e. The zero-order valence-electron chi connectivity index (χ0n) is 11.1. The van der Waals surface area contributed by atoms with Gasteiger partial charge in [0.05, 0.1) is 0 Å². The molecule has 0 spiro atoms. The van der Waals surface area contributed by atoms with Crippen LogP contribution in [-0.4, -0.2) is 12.5 Å². The molecule has 18 heavy (non-hydrogen) atoms. The molecule has 0 unspecified atom stereocenters. The van der Waals surface area contributed by atoms with Gasteiger partial charge in [-0.2, -0.15) is 0 Å². The van der Waals surface area contributed by atoms with Gasteiger partial charge in [-0.25, -0.2) is 0 Å². The molecule has 2 aromatic carbocycles. The first-order chi connectivity index (χ1) is 8.50. The molecule has 2 rings (SSSR count). The molecule has 0 fully saturated rings. The van der Waals surface area contributed by atoms with Gasteiger partial charge in [-0.05, 0) is 22.1 Å². The summed E-state index contributed by atoms with van der Waals surface area (Å²) in [6.07, 6.45) is 0. The van der Waals surface area contributed by atoms with E-state index < -0.39 is 0 Å². The molecule has 2 heteroatoms. The van der Waals surface area contributed by atoms with Crippen LogP contribution in [0.1, 0.15) is 26.3 Å². The third-order valence-electron chi connectivity index (χ3n) is 3.14. The molecule has 0 saturated carbocycles. The topological polar surface area (TPSA) is 20.2 Å². The minimum Gasteiger partial charge on any atom is -0.450 e. The fourth-order valence-electron chi connectivity index (χ4n) is 1.92. The summed E-state index contributed by atoms with van der Waals surface area (Å²) in [6.45, 7) is 6.65. The van der Waals surface area contributed by atoms with E-state index in [1.165, 1.54) is 16.7 Å². The Morgan fingerprint density at radius 1 is 0.778 bits per heavy atom. The first kappa shape index (κ1) is 12.9. The lowest BCUT2D eigenvalue weighted by Gasteiger charge is -2.19. The summed E-state index contributed by atoms with van der Waals surface area (Å²) >= 11 is 0. The van der Waals surface area contributed by atoms with E-state index in [-0.39, 0.29) is 5.41 Å². The standard InChI is InChI=1S/C16H18BO/c1-16(2,3)14-8-4-12(5-9-14)13-6-10-15(17-18)11-7-13/h4-11,18H,1-3H3. The predicted molar refractivity (Wildman–Crippen MR) is 78.2 cm³/mol. The molecule has 1 radical (unpaired) electrons. The first-order valence-electron chi connectivity index (χ1n) is 6.19. The summed E-state index contributed by atoms with van der Waals surface area (Å²) in [5.41, 5.74) is 4.72. The highest BCUT2D eigenvalue weighted by atomic mass is 16.2. The quantitative estimate of drug-likeness (QED) is 0.796. The zero-order chi connectivity index (χ0) is 13.2. The Morgan fingerprint density at radius 3 is 1.61 bits per heavy atom. The SMILES string of the molecule is CC(C)(C)c1ccc(-c2ccc([B]O)cc2)cc1. The summed E-state index contributed by atoms with van der Waals surface area (Å²) < 4.78 is 0. The molecule has 91 valence electrons. The van der Waals surface area contributed by atoms with Crippen molar-refractivity contribution in [1.82, 2.24) is 0 Å². The summed E-state index contributed by atoms with van der Waals surface area (Å²) in [6, 6.07) is 16.5. The van der Waals surface area contributed by atoms with Crippen molar-refractivity contribution in [2.75, 3.05) is 0 Å². The monoisotopic (exact) mass is 237 g/mol. The van der Waals surface area contributed by atoms with Crippen molar-refractivity contribution in [3.8, 4) is 11.1 Å². The minimum absolute atomic E-state index is 0.189. The fourth-order valence-corrected chi connectivity index (χ4v) is 1.92. The van der Waals surface area contributed by atoms with Crippen molar-refractivity contribution >= 4 is 12.9 Å². The van der Waals surface area contributed by atoms with Crippen LogP contribution in [0, 0.1) is 0 Å². The Labute approximate surface area is 110 Å². The number of rotatable bonds is 2. The van der Waals surface area contributed by atoms with Crippen LogP contribution in [0.5, 0.6) is 0 Å². The highest BCUT2D eigenvalue weighted by molar-refractivity contribution is 6.45. The van der Waals surface area contributed by atoms with Crippen molar-refractivity contribution in [3.05, 3.63) is 54.1 Å². The van der Waals surface area contributed by atoms with E-state index in [2.05, 4.69) is 45.0 Å². The van der Waals surface area contributed by atoms with Gasteiger partial charge in [-0.3, -0.25) is 0 Å². The molecule has 0 saturated heterocycles. The second kappa shape index (κ2) is 4.99. The highest BCUT2D eigenvalue weighted by Crippen LogP contribution is 2.25. The van der Waals surface area contributed by atoms with E-state index >= 15 is 0 Å². The third kappa shape index (κ3) is 2.83. The Balaban J connectivity index is 2.28. The van der Waals surface area contributed by atoms with Crippen LogP contribution in [-0.2, 0) is 5.41 Å². The van der Waals surface area contributed by atoms with Gasteiger partial charge in [-0.15, -0.1) is 0 Å². The molecule has 0 amide bonds. The Kier molecular flexibility index (Phi) is 3.58. The molecule has 1 N–H and O–H groups in total. The van der Waals surface area contributed by atoms with Crippen LogP contribution in [0.2, 0.25) is 0 Å². The van der Waals surface area contributed by atoms with Gasteiger partial charge in [-0.1, -0.05) is 74.8 Å². The van der Waals surface area contributed by atoms with Crippen molar-refractivity contribution in [1.29, 1.82) is 0 Å². The van der Waals surface area contributed by atoms with E-state index in [4.69, 9.17) is 5.02 Å². The molecule has 2 aromatic rings. The third-order valence-corrected chi connectivity index (χ3v) is 3.14. The minimum atomic E-state index is 0.189. The van der Waals surface area contributed by atoms with Crippen LogP contribution in [0.15, 0.2) is 48.5 Å². The van der Waals surface area contributed by atoms with Crippen molar-refractivity contribution in [2.45, 2.75) is 26.2 Å². The summed E-state index contributed by atoms with van der Waals surface area (Å²) in [5, 5.41) is 8.90. The lowest BCUT2D eigenvalue weighted by atomic mass is 9.85. The van der Waals surface area contributed by atoms with Crippen LogP contribution in [0.25, 0.3) is 11.1 Å². The van der Waals surface area contributed by atoms with Crippen LogP contribution >= 0.6 is 0 Å². The number of benzene rings is 2. The molecule has 1 nitrogen and oxygen atoms in total. The lowest BCUT2D eigenvalue weighted by Crippen LogP contribution is -2.12. The number of hydrogen-bond acceptors (Lipinski definition) is 1. The van der Waals surface area contributed by atoms with Crippen LogP contribution < -0.4 is 5.46 Å². The predicted octanol–water partition coefficient (Wildman–Crippen LogP) is 2.89. The molecule has 0 atom stereocenters. The van der Waals surface area contributed by atoms with E-state index in [0.29, 0.717) is 0 Å². The van der Waals surface area contributed by atoms with Gasteiger partial charge in [0.15, 0.2) is 0 Å². The molecule has 0 aliphatic rings. The lowest BCUT2D eigenvalue weighted by molar-refractivity contribution is 0.590. The van der Waals surface area contributed by atoms with E-state index in [9.17, 15) is 0 Å². The maximum absolute atomic E-state index is 8.90. The van der Waals surface area contributed by atoms with Crippen LogP contribution in [0.3, 0.4) is 0 Å². The molecule has 0 aliphatic carbocycles. The van der Waals surface area contributed by atoms with E-state index in [1.54, 1.807) is 0 Å². The molecule has 0 heterocycles. The van der Waals surface area contributed by atoms with Gasteiger partial charge in [0.25, 0.3) is 0 Å². The molecule has 0 aliphatic heterocycles. The van der Waals surface area contributed by atoms with Crippen molar-refractivity contribution in [3.63, 3.8) is 0 Å². The number of hydrogen-bond donors (Lipinski definition) is 1. The van der Waals surface area contributed by atoms with Gasteiger partial charge < -0.3 is 5.02 Å². The molecule has 0 bridgehead atoms. The molecule has 0 aromatic heterocycles. The zero-order valence-corrected chi connectivity index (χ0v) is 11.1. The van der Waals surface area contributed by atoms with Gasteiger partial charge in [0.1, 0.15) is 0 Å². The normalized spacial score (nSPS) is 11.3. The smallest absolute Gasteiger partial charge is 0.326 e. The van der Waals surface area contributed by atoms with E-state index in [1.807, 2.05) is 24.3 Å². The van der Waals surface area contributed by atoms with E-state index in [0.717, 1.165) is 12.9 Å². The van der Waals surface area contributed by atoms with Gasteiger partial charge in [0.2, 0.25) is 0 Å². The summed E-state index contributed by atoms with van der Waals surface area (Å²) in [5.74, 6) is 0. The van der Waals surface area contributed by atoms with Crippen molar-refractivity contribution < 1.29 is 5.02 Å².